The van der Waals surface area contributed by atoms with Gasteiger partial charge in [-0.2, -0.15) is 13.2 Å². The van der Waals surface area contributed by atoms with E-state index in [0.717, 1.165) is 22.8 Å². The van der Waals surface area contributed by atoms with Crippen LogP contribution in [0, 0.1) is 0 Å². The zero-order valence-corrected chi connectivity index (χ0v) is 15.5. The molecule has 0 saturated heterocycles. The Balaban J connectivity index is 1.66. The molecule has 1 aromatic heterocycles. The molecule has 140 valence electrons. The van der Waals surface area contributed by atoms with Crippen molar-refractivity contribution in [2.45, 2.75) is 16.8 Å². The number of anilines is 1. The zero-order chi connectivity index (χ0) is 19.3. The number of thiophene rings is 1. The smallest absolute Gasteiger partial charge is 0.298 e. The summed E-state index contributed by atoms with van der Waals surface area (Å²) in [6.45, 7) is 0. The first kappa shape index (κ1) is 19.3. The molecule has 2 N–H and O–H groups in total. The lowest BCUT2D eigenvalue weighted by molar-refractivity contribution is -0.137. The Morgan fingerprint density at radius 2 is 1.85 bits per heavy atom. The zero-order valence-electron chi connectivity index (χ0n) is 13.9. The quantitative estimate of drug-likeness (QED) is 0.399. The number of benzene rings is 2. The highest BCUT2D eigenvalue weighted by molar-refractivity contribution is 7.98. The van der Waals surface area contributed by atoms with Crippen molar-refractivity contribution in [3.63, 3.8) is 0 Å². The van der Waals surface area contributed by atoms with E-state index in [1.807, 2.05) is 29.6 Å². The molecule has 27 heavy (non-hydrogen) atoms. The van der Waals surface area contributed by atoms with Crippen LogP contribution < -0.4 is 10.9 Å². The van der Waals surface area contributed by atoms with Crippen molar-refractivity contribution in [3.05, 3.63) is 82.0 Å². The number of rotatable bonds is 6. The summed E-state index contributed by atoms with van der Waals surface area (Å²) in [4.78, 5) is 14.5. The van der Waals surface area contributed by atoms with Gasteiger partial charge < -0.3 is 0 Å². The van der Waals surface area contributed by atoms with Crippen LogP contribution in [0.25, 0.3) is 0 Å². The number of carbonyl (C=O) groups excluding carboxylic acids is 1. The third-order valence-corrected chi connectivity index (χ3v) is 5.77. The molecule has 8 heteroatoms. The molecule has 0 unspecified atom stereocenters. The lowest BCUT2D eigenvalue weighted by Crippen LogP contribution is -2.29. The average Bonchev–Trinajstić information content (AvgIpc) is 3.18. The second-order valence-corrected chi connectivity index (χ2v) is 7.57. The number of nitrogens with one attached hydrogen (secondary N) is 2. The van der Waals surface area contributed by atoms with Crippen LogP contribution in [0.5, 0.6) is 0 Å². The van der Waals surface area contributed by atoms with Crippen molar-refractivity contribution in [3.8, 4) is 0 Å². The fraction of sp³-hybridized carbons (Fsp3) is 0.105. The maximum Gasteiger partial charge on any atom is 0.416 e. The van der Waals surface area contributed by atoms with E-state index in [0.29, 0.717) is 5.56 Å². The first-order valence-electron chi connectivity index (χ1n) is 7.91. The number of carbonyl (C=O) groups is 1. The normalized spacial score (nSPS) is 11.2. The predicted molar refractivity (Wildman–Crippen MR) is 103 cm³/mol. The van der Waals surface area contributed by atoms with Gasteiger partial charge in [0.1, 0.15) is 0 Å². The van der Waals surface area contributed by atoms with Gasteiger partial charge in [-0.25, -0.2) is 0 Å². The van der Waals surface area contributed by atoms with Gasteiger partial charge in [-0.15, -0.1) is 23.1 Å². The van der Waals surface area contributed by atoms with Gasteiger partial charge in [0.15, 0.2) is 0 Å². The third-order valence-electron chi connectivity index (χ3n) is 3.59. The topological polar surface area (TPSA) is 41.1 Å². The van der Waals surface area contributed by atoms with E-state index in [1.54, 1.807) is 23.5 Å². The molecule has 3 rings (SSSR count). The predicted octanol–water partition coefficient (Wildman–Crippen LogP) is 5.82. The highest BCUT2D eigenvalue weighted by Crippen LogP contribution is 2.31. The van der Waals surface area contributed by atoms with Crippen molar-refractivity contribution < 1.29 is 18.0 Å². The number of hydrogen-bond donors (Lipinski definition) is 2. The third kappa shape index (κ3) is 5.27. The summed E-state index contributed by atoms with van der Waals surface area (Å²) in [6.07, 6.45) is -4.44. The van der Waals surface area contributed by atoms with Crippen LogP contribution in [-0.4, -0.2) is 5.91 Å². The SMILES string of the molecule is O=C(NNc1cccc(C(F)(F)F)c1)c1ccccc1SCc1cccs1. The Hall–Kier alpha value is -2.45. The largest absolute Gasteiger partial charge is 0.416 e. The molecule has 2 aromatic carbocycles. The standard InChI is InChI=1S/C19H15F3N2OS2/c20-19(21,22)13-5-3-6-14(11-13)23-24-18(25)16-8-1-2-9-17(16)27-12-15-7-4-10-26-15/h1-11,23H,12H2,(H,24,25). The minimum absolute atomic E-state index is 0.155. The van der Waals surface area contributed by atoms with E-state index in [2.05, 4.69) is 10.9 Å². The van der Waals surface area contributed by atoms with Gasteiger partial charge in [0.2, 0.25) is 0 Å². The van der Waals surface area contributed by atoms with Crippen LogP contribution in [0.2, 0.25) is 0 Å². The number of alkyl halides is 3. The molecule has 0 fully saturated rings. The minimum atomic E-state index is -4.44. The van der Waals surface area contributed by atoms with Crippen LogP contribution >= 0.6 is 23.1 Å². The van der Waals surface area contributed by atoms with Crippen molar-refractivity contribution in [2.24, 2.45) is 0 Å². The van der Waals surface area contributed by atoms with Crippen LogP contribution in [0.4, 0.5) is 18.9 Å². The molecule has 0 atom stereocenters. The number of hydrazine groups is 1. The van der Waals surface area contributed by atoms with Crippen LogP contribution in [0.15, 0.2) is 70.9 Å². The van der Waals surface area contributed by atoms with Crippen molar-refractivity contribution >= 4 is 34.7 Å². The summed E-state index contributed by atoms with van der Waals surface area (Å²) in [7, 11) is 0. The molecule has 0 bridgehead atoms. The summed E-state index contributed by atoms with van der Waals surface area (Å²) in [5.74, 6) is 0.324. The van der Waals surface area contributed by atoms with E-state index in [-0.39, 0.29) is 5.69 Å². The van der Waals surface area contributed by atoms with E-state index >= 15 is 0 Å². The number of amides is 1. The van der Waals surface area contributed by atoms with Gasteiger partial charge in [0, 0.05) is 15.5 Å². The lowest BCUT2D eigenvalue weighted by Gasteiger charge is -2.13. The van der Waals surface area contributed by atoms with E-state index < -0.39 is 17.6 Å². The molecule has 3 aromatic rings. The maximum absolute atomic E-state index is 12.8. The van der Waals surface area contributed by atoms with Gasteiger partial charge in [-0.1, -0.05) is 24.3 Å². The molecule has 0 aliphatic rings. The van der Waals surface area contributed by atoms with Crippen LogP contribution in [-0.2, 0) is 11.9 Å². The molecular weight excluding hydrogens is 393 g/mol. The highest BCUT2D eigenvalue weighted by Gasteiger charge is 2.30. The molecule has 0 radical (unpaired) electrons. The summed E-state index contributed by atoms with van der Waals surface area (Å²) in [5.41, 5.74) is 4.83. The number of halogens is 3. The Morgan fingerprint density at radius 1 is 1.04 bits per heavy atom. The maximum atomic E-state index is 12.8. The molecule has 1 amide bonds. The first-order valence-corrected chi connectivity index (χ1v) is 9.78. The Bertz CT molecular complexity index is 911. The van der Waals surface area contributed by atoms with Gasteiger partial charge in [0.25, 0.3) is 5.91 Å². The molecule has 1 heterocycles. The number of hydrogen-bond acceptors (Lipinski definition) is 4. The summed E-state index contributed by atoms with van der Waals surface area (Å²) in [6, 6.07) is 15.8. The van der Waals surface area contributed by atoms with Gasteiger partial charge in [-0.05, 0) is 41.8 Å². The summed E-state index contributed by atoms with van der Waals surface area (Å²) in [5, 5.41) is 1.99. The Labute approximate surface area is 162 Å². The summed E-state index contributed by atoms with van der Waals surface area (Å²) < 4.78 is 38.3. The minimum Gasteiger partial charge on any atom is -0.298 e. The second-order valence-electron chi connectivity index (χ2n) is 5.52. The first-order chi connectivity index (χ1) is 12.9. The molecule has 3 nitrogen and oxygen atoms in total. The van der Waals surface area contributed by atoms with Crippen molar-refractivity contribution in [1.29, 1.82) is 0 Å². The van der Waals surface area contributed by atoms with E-state index in [9.17, 15) is 18.0 Å². The second kappa shape index (κ2) is 8.49. The Kier molecular flexibility index (Phi) is 6.08. The number of thioether (sulfide) groups is 1. The molecule has 0 spiro atoms. The fourth-order valence-electron chi connectivity index (χ4n) is 2.29. The lowest BCUT2D eigenvalue weighted by atomic mass is 10.2. The van der Waals surface area contributed by atoms with Crippen LogP contribution in [0.1, 0.15) is 20.8 Å². The monoisotopic (exact) mass is 408 g/mol. The summed E-state index contributed by atoms with van der Waals surface area (Å²) >= 11 is 3.18. The fourth-order valence-corrected chi connectivity index (χ4v) is 4.12. The van der Waals surface area contributed by atoms with Crippen LogP contribution in [0.3, 0.4) is 0 Å². The molecular formula is C19H15F3N2OS2. The van der Waals surface area contributed by atoms with E-state index in [1.165, 1.54) is 28.8 Å². The van der Waals surface area contributed by atoms with E-state index in [4.69, 9.17) is 0 Å². The molecule has 0 aliphatic heterocycles. The van der Waals surface area contributed by atoms with Gasteiger partial charge in [0.05, 0.1) is 16.8 Å². The van der Waals surface area contributed by atoms with Gasteiger partial charge >= 0.3 is 6.18 Å². The molecule has 0 aliphatic carbocycles. The average molecular weight is 408 g/mol. The van der Waals surface area contributed by atoms with Crippen molar-refractivity contribution in [2.75, 3.05) is 5.43 Å². The molecule has 0 saturated carbocycles. The highest BCUT2D eigenvalue weighted by atomic mass is 32.2. The van der Waals surface area contributed by atoms with Gasteiger partial charge in [-0.3, -0.25) is 15.6 Å². The Morgan fingerprint density at radius 3 is 2.59 bits per heavy atom. The van der Waals surface area contributed by atoms with Crippen molar-refractivity contribution in [1.82, 2.24) is 5.43 Å².